The number of hydrogen-bond donors (Lipinski definition) is 1. The van der Waals surface area contributed by atoms with Crippen molar-refractivity contribution < 1.29 is 14.3 Å². The van der Waals surface area contributed by atoms with Crippen LogP contribution < -0.4 is 14.8 Å². The van der Waals surface area contributed by atoms with Crippen molar-refractivity contribution in [1.29, 1.82) is 0 Å². The molecule has 1 aromatic carbocycles. The number of thiophene rings is 1. The first-order chi connectivity index (χ1) is 12.6. The van der Waals surface area contributed by atoms with E-state index in [0.29, 0.717) is 17.2 Å². The minimum Gasteiger partial charge on any atom is -0.497 e. The third-order valence-electron chi connectivity index (χ3n) is 4.75. The van der Waals surface area contributed by atoms with Crippen molar-refractivity contribution in [3.8, 4) is 11.5 Å². The maximum Gasteiger partial charge on any atom is 0.322 e. The van der Waals surface area contributed by atoms with Crippen LogP contribution >= 0.6 is 11.3 Å². The molecule has 2 amide bonds. The summed E-state index contributed by atoms with van der Waals surface area (Å²) >= 11 is 1.78. The Hall–Kier alpha value is -2.21. The molecule has 140 valence electrons. The highest BCUT2D eigenvalue weighted by molar-refractivity contribution is 7.12. The van der Waals surface area contributed by atoms with Crippen LogP contribution in [0.2, 0.25) is 0 Å². The van der Waals surface area contributed by atoms with Gasteiger partial charge < -0.3 is 19.7 Å². The monoisotopic (exact) mass is 374 g/mol. The van der Waals surface area contributed by atoms with Crippen LogP contribution in [-0.2, 0) is 0 Å². The van der Waals surface area contributed by atoms with Gasteiger partial charge in [-0.2, -0.15) is 0 Å². The SMILES string of the molecule is COc1ccc(NC(=O)N2CCCCCC2c2ccc(C)s2)c(OC)c1. The van der Waals surface area contributed by atoms with Crippen LogP contribution in [0.1, 0.15) is 41.5 Å². The summed E-state index contributed by atoms with van der Waals surface area (Å²) in [6.45, 7) is 2.88. The van der Waals surface area contributed by atoms with Crippen molar-refractivity contribution in [2.45, 2.75) is 38.6 Å². The first-order valence-corrected chi connectivity index (χ1v) is 9.80. The van der Waals surface area contributed by atoms with Crippen molar-refractivity contribution in [3.05, 3.63) is 40.1 Å². The fraction of sp³-hybridized carbons (Fsp3) is 0.450. The topological polar surface area (TPSA) is 50.8 Å². The number of anilines is 1. The van der Waals surface area contributed by atoms with E-state index >= 15 is 0 Å². The third-order valence-corrected chi connectivity index (χ3v) is 5.86. The molecule has 1 atom stereocenters. The van der Waals surface area contributed by atoms with Crippen LogP contribution in [0.5, 0.6) is 11.5 Å². The molecule has 3 rings (SSSR count). The molecule has 1 unspecified atom stereocenters. The Morgan fingerprint density at radius 3 is 2.69 bits per heavy atom. The molecule has 1 N–H and O–H groups in total. The molecule has 0 spiro atoms. The number of aryl methyl sites for hydroxylation is 1. The Kier molecular flexibility index (Phi) is 6.04. The summed E-state index contributed by atoms with van der Waals surface area (Å²) in [5, 5.41) is 3.03. The third kappa shape index (κ3) is 4.12. The number of nitrogens with zero attached hydrogens (tertiary/aromatic N) is 1. The minimum absolute atomic E-state index is 0.0774. The number of carbonyl (C=O) groups excluding carboxylic acids is 1. The molecule has 5 nitrogen and oxygen atoms in total. The predicted molar refractivity (Wildman–Crippen MR) is 106 cm³/mol. The largest absolute Gasteiger partial charge is 0.497 e. The van der Waals surface area contributed by atoms with Crippen molar-refractivity contribution in [3.63, 3.8) is 0 Å². The molecule has 1 aromatic heterocycles. The maximum absolute atomic E-state index is 13.1. The standard InChI is InChI=1S/C20H26N2O3S/c1-14-8-11-19(26-14)17-7-5-4-6-12-22(17)20(23)21-16-10-9-15(24-2)13-18(16)25-3/h8-11,13,17H,4-7,12H2,1-3H3,(H,21,23). The second kappa shape index (κ2) is 8.45. The summed E-state index contributed by atoms with van der Waals surface area (Å²) in [5.74, 6) is 1.29. The van der Waals surface area contributed by atoms with Gasteiger partial charge in [0.1, 0.15) is 11.5 Å². The quantitative estimate of drug-likeness (QED) is 0.798. The van der Waals surface area contributed by atoms with E-state index in [-0.39, 0.29) is 12.1 Å². The van der Waals surface area contributed by atoms with E-state index in [9.17, 15) is 4.79 Å². The van der Waals surface area contributed by atoms with E-state index in [4.69, 9.17) is 9.47 Å². The molecule has 0 radical (unpaired) electrons. The van der Waals surface area contributed by atoms with Gasteiger partial charge in [0, 0.05) is 22.4 Å². The van der Waals surface area contributed by atoms with Crippen LogP contribution in [0.3, 0.4) is 0 Å². The lowest BCUT2D eigenvalue weighted by Crippen LogP contribution is -2.37. The number of rotatable bonds is 4. The molecule has 6 heteroatoms. The molecule has 1 saturated heterocycles. The van der Waals surface area contributed by atoms with Gasteiger partial charge in [0.05, 0.1) is 25.9 Å². The maximum atomic E-state index is 13.1. The molecule has 26 heavy (non-hydrogen) atoms. The first-order valence-electron chi connectivity index (χ1n) is 8.98. The van der Waals surface area contributed by atoms with Gasteiger partial charge in [-0.15, -0.1) is 11.3 Å². The van der Waals surface area contributed by atoms with Gasteiger partial charge in [-0.05, 0) is 44.0 Å². The average Bonchev–Trinajstić information content (AvgIpc) is 2.93. The molecule has 1 fully saturated rings. The summed E-state index contributed by atoms with van der Waals surface area (Å²) in [4.78, 5) is 17.6. The van der Waals surface area contributed by atoms with Gasteiger partial charge in [0.25, 0.3) is 0 Å². The normalized spacial score (nSPS) is 17.5. The second-order valence-corrected chi connectivity index (χ2v) is 7.82. The van der Waals surface area contributed by atoms with E-state index < -0.39 is 0 Å². The zero-order valence-electron chi connectivity index (χ0n) is 15.6. The van der Waals surface area contributed by atoms with Crippen LogP contribution in [0.4, 0.5) is 10.5 Å². The molecule has 2 aromatic rings. The minimum atomic E-state index is -0.0774. The van der Waals surface area contributed by atoms with Crippen LogP contribution in [0.25, 0.3) is 0 Å². The van der Waals surface area contributed by atoms with Gasteiger partial charge in [-0.3, -0.25) is 0 Å². The van der Waals surface area contributed by atoms with E-state index in [1.54, 1.807) is 31.6 Å². The fourth-order valence-electron chi connectivity index (χ4n) is 3.37. The lowest BCUT2D eigenvalue weighted by molar-refractivity contribution is 0.190. The van der Waals surface area contributed by atoms with Gasteiger partial charge in [-0.1, -0.05) is 12.8 Å². The zero-order valence-corrected chi connectivity index (χ0v) is 16.4. The number of nitrogens with one attached hydrogen (secondary N) is 1. The van der Waals surface area contributed by atoms with Crippen molar-refractivity contribution in [2.24, 2.45) is 0 Å². The molecule has 0 saturated carbocycles. The summed E-state index contributed by atoms with van der Waals surface area (Å²) in [5.41, 5.74) is 0.656. The van der Waals surface area contributed by atoms with Crippen LogP contribution in [0.15, 0.2) is 30.3 Å². The Labute approximate surface area is 158 Å². The van der Waals surface area contributed by atoms with Crippen molar-refractivity contribution in [1.82, 2.24) is 4.90 Å². The van der Waals surface area contributed by atoms with E-state index in [1.165, 1.54) is 9.75 Å². The molecular weight excluding hydrogens is 348 g/mol. The Morgan fingerprint density at radius 2 is 2.00 bits per heavy atom. The number of hydrogen-bond acceptors (Lipinski definition) is 4. The number of urea groups is 1. The second-order valence-electron chi connectivity index (χ2n) is 6.50. The van der Waals surface area contributed by atoms with Crippen LogP contribution in [-0.4, -0.2) is 31.7 Å². The number of amides is 2. The van der Waals surface area contributed by atoms with Gasteiger partial charge in [0.15, 0.2) is 0 Å². The molecule has 1 aliphatic heterocycles. The van der Waals surface area contributed by atoms with Crippen molar-refractivity contribution >= 4 is 23.1 Å². The molecule has 1 aliphatic rings. The van der Waals surface area contributed by atoms with E-state index in [1.807, 2.05) is 17.0 Å². The van der Waals surface area contributed by atoms with Crippen LogP contribution in [0, 0.1) is 6.92 Å². The Balaban J connectivity index is 1.82. The lowest BCUT2D eigenvalue weighted by Gasteiger charge is -2.29. The summed E-state index contributed by atoms with van der Waals surface area (Å²) in [6.07, 6.45) is 4.36. The summed E-state index contributed by atoms with van der Waals surface area (Å²) < 4.78 is 10.6. The number of benzene rings is 1. The Morgan fingerprint density at radius 1 is 1.15 bits per heavy atom. The van der Waals surface area contributed by atoms with Crippen molar-refractivity contribution in [2.75, 3.05) is 26.1 Å². The summed E-state index contributed by atoms with van der Waals surface area (Å²) in [7, 11) is 3.20. The highest BCUT2D eigenvalue weighted by Crippen LogP contribution is 2.35. The number of likely N-dealkylation sites (tertiary alicyclic amines) is 1. The Bertz CT molecular complexity index is 759. The predicted octanol–water partition coefficient (Wildman–Crippen LogP) is 5.22. The average molecular weight is 375 g/mol. The first kappa shape index (κ1) is 18.6. The van der Waals surface area contributed by atoms with Gasteiger partial charge in [-0.25, -0.2) is 4.79 Å². The smallest absolute Gasteiger partial charge is 0.322 e. The highest BCUT2D eigenvalue weighted by Gasteiger charge is 2.28. The number of methoxy groups -OCH3 is 2. The van der Waals surface area contributed by atoms with E-state index in [2.05, 4.69) is 24.4 Å². The zero-order chi connectivity index (χ0) is 18.5. The molecular formula is C20H26N2O3S. The lowest BCUT2D eigenvalue weighted by atomic mass is 10.1. The van der Waals surface area contributed by atoms with E-state index in [0.717, 1.165) is 32.2 Å². The molecule has 2 heterocycles. The summed E-state index contributed by atoms with van der Waals surface area (Å²) in [6, 6.07) is 9.76. The molecule has 0 bridgehead atoms. The van der Waals surface area contributed by atoms with Gasteiger partial charge in [0.2, 0.25) is 0 Å². The highest BCUT2D eigenvalue weighted by atomic mass is 32.1. The molecule has 0 aliphatic carbocycles. The number of carbonyl (C=O) groups is 1. The van der Waals surface area contributed by atoms with Gasteiger partial charge >= 0.3 is 6.03 Å². The number of ether oxygens (including phenoxy) is 2. The fourth-order valence-corrected chi connectivity index (χ4v) is 4.39.